The van der Waals surface area contributed by atoms with Gasteiger partial charge in [-0.15, -0.1) is 0 Å². The highest BCUT2D eigenvalue weighted by Crippen LogP contribution is 2.57. The Balaban J connectivity index is 1.16. The topological polar surface area (TPSA) is 23.8 Å². The molecular weight excluding hydrogens is 615 g/mol. The van der Waals surface area contributed by atoms with Crippen LogP contribution in [-0.4, -0.2) is 0 Å². The van der Waals surface area contributed by atoms with Gasteiger partial charge in [0.15, 0.2) is 0 Å². The molecule has 0 N–H and O–H groups in total. The Labute approximate surface area is 298 Å². The molecule has 2 aliphatic rings. The smallest absolute Gasteiger partial charge is 0.0991 e. The predicted octanol–water partition coefficient (Wildman–Crippen LogP) is 13.3. The van der Waals surface area contributed by atoms with Gasteiger partial charge >= 0.3 is 0 Å². The highest BCUT2D eigenvalue weighted by molar-refractivity contribution is 6.22. The summed E-state index contributed by atoms with van der Waals surface area (Å²) in [6.45, 7) is 4.54. The minimum atomic E-state index is -0.184. The maximum atomic E-state index is 9.58. The summed E-state index contributed by atoms with van der Waals surface area (Å²) >= 11 is 0. The third-order valence-corrected chi connectivity index (χ3v) is 11.3. The van der Waals surface area contributed by atoms with E-state index in [1.54, 1.807) is 0 Å². The van der Waals surface area contributed by atoms with Crippen LogP contribution in [0.3, 0.4) is 0 Å². The fourth-order valence-electron chi connectivity index (χ4n) is 8.80. The summed E-state index contributed by atoms with van der Waals surface area (Å²) in [6.07, 6.45) is 0. The van der Waals surface area contributed by atoms with Crippen molar-refractivity contribution in [2.75, 3.05) is 0 Å². The SMILES string of the molecule is CC1(C)c2cc(C#N)ccc2-c2ccc(-c3ccc(-c4cc(-c5ccccc5)c5c(c4-c4ccccc4)-c4cccc6cccc-5c46)cc3)cc21. The predicted molar refractivity (Wildman–Crippen MR) is 212 cm³/mol. The Bertz CT molecular complexity index is 2740. The monoisotopic (exact) mass is 647 g/mol. The number of nitriles is 1. The fourth-order valence-corrected chi connectivity index (χ4v) is 8.80. The fraction of sp³-hybridized carbons (Fsp3) is 0.0600. The van der Waals surface area contributed by atoms with Crippen LogP contribution in [0.5, 0.6) is 0 Å². The molecule has 8 aromatic rings. The van der Waals surface area contributed by atoms with Crippen molar-refractivity contribution in [1.29, 1.82) is 5.26 Å². The first-order chi connectivity index (χ1) is 25.0. The summed E-state index contributed by atoms with van der Waals surface area (Å²) in [5, 5.41) is 12.2. The van der Waals surface area contributed by atoms with Gasteiger partial charge in [0.25, 0.3) is 0 Å². The molecule has 0 spiro atoms. The van der Waals surface area contributed by atoms with E-state index in [1.807, 2.05) is 6.07 Å². The molecule has 0 unspecified atom stereocenters. The van der Waals surface area contributed by atoms with Crippen LogP contribution in [-0.2, 0) is 5.41 Å². The van der Waals surface area contributed by atoms with Crippen molar-refractivity contribution in [2.45, 2.75) is 19.3 Å². The summed E-state index contributed by atoms with van der Waals surface area (Å²) in [5.41, 5.74) is 20.6. The zero-order valence-corrected chi connectivity index (χ0v) is 28.5. The lowest BCUT2D eigenvalue weighted by molar-refractivity contribution is 0.660. The second kappa shape index (κ2) is 11.0. The van der Waals surface area contributed by atoms with E-state index in [1.165, 1.54) is 99.8 Å². The largest absolute Gasteiger partial charge is 0.192 e. The maximum absolute atomic E-state index is 9.58. The number of fused-ring (bicyclic) bond motifs is 6. The summed E-state index contributed by atoms with van der Waals surface area (Å²) in [4.78, 5) is 0. The molecule has 0 fully saturated rings. The summed E-state index contributed by atoms with van der Waals surface area (Å²) in [5.74, 6) is 0. The first-order valence-electron chi connectivity index (χ1n) is 17.7. The number of rotatable bonds is 4. The minimum Gasteiger partial charge on any atom is -0.192 e. The molecule has 0 bridgehead atoms. The van der Waals surface area contributed by atoms with E-state index in [4.69, 9.17) is 0 Å². The molecule has 1 heteroatoms. The van der Waals surface area contributed by atoms with Gasteiger partial charge in [-0.2, -0.15) is 5.26 Å². The van der Waals surface area contributed by atoms with Gasteiger partial charge in [-0.25, -0.2) is 0 Å². The maximum Gasteiger partial charge on any atom is 0.0991 e. The molecule has 0 heterocycles. The molecule has 0 aromatic heterocycles. The van der Waals surface area contributed by atoms with Gasteiger partial charge in [0.1, 0.15) is 0 Å². The Morgan fingerprint density at radius 1 is 0.392 bits per heavy atom. The molecular formula is C50H33N. The average Bonchev–Trinajstić information content (AvgIpc) is 3.64. The molecule has 238 valence electrons. The van der Waals surface area contributed by atoms with Gasteiger partial charge in [0.2, 0.25) is 0 Å². The van der Waals surface area contributed by atoms with Crippen LogP contribution < -0.4 is 0 Å². The van der Waals surface area contributed by atoms with Crippen LogP contribution in [0.4, 0.5) is 0 Å². The Morgan fingerprint density at radius 3 is 1.63 bits per heavy atom. The van der Waals surface area contributed by atoms with Gasteiger partial charge in [-0.3, -0.25) is 0 Å². The van der Waals surface area contributed by atoms with E-state index in [0.717, 1.165) is 0 Å². The van der Waals surface area contributed by atoms with E-state index in [0.29, 0.717) is 5.56 Å². The van der Waals surface area contributed by atoms with E-state index in [2.05, 4.69) is 178 Å². The molecule has 0 saturated carbocycles. The third kappa shape index (κ3) is 4.33. The second-order valence-corrected chi connectivity index (χ2v) is 14.4. The van der Waals surface area contributed by atoms with Gasteiger partial charge < -0.3 is 0 Å². The van der Waals surface area contributed by atoms with Crippen LogP contribution >= 0.6 is 0 Å². The highest BCUT2D eigenvalue weighted by atomic mass is 14.4. The normalized spacial score (nSPS) is 13.0. The van der Waals surface area contributed by atoms with Gasteiger partial charge in [0.05, 0.1) is 11.6 Å². The number of hydrogen-bond acceptors (Lipinski definition) is 1. The molecule has 2 aliphatic carbocycles. The third-order valence-electron chi connectivity index (χ3n) is 11.3. The van der Waals surface area contributed by atoms with Crippen molar-refractivity contribution < 1.29 is 0 Å². The first-order valence-corrected chi connectivity index (χ1v) is 17.7. The Kier molecular flexibility index (Phi) is 6.35. The zero-order valence-electron chi connectivity index (χ0n) is 28.5. The number of benzene rings is 8. The molecule has 8 aromatic carbocycles. The molecule has 0 atom stereocenters. The highest BCUT2D eigenvalue weighted by Gasteiger charge is 2.36. The van der Waals surface area contributed by atoms with Crippen LogP contribution in [0.15, 0.2) is 164 Å². The Hall–Kier alpha value is -6.49. The van der Waals surface area contributed by atoms with Crippen molar-refractivity contribution in [3.8, 4) is 84.0 Å². The van der Waals surface area contributed by atoms with E-state index < -0.39 is 0 Å². The van der Waals surface area contributed by atoms with Gasteiger partial charge in [-0.05, 0) is 124 Å². The van der Waals surface area contributed by atoms with Crippen LogP contribution in [0.25, 0.3) is 88.7 Å². The quantitative estimate of drug-likeness (QED) is 0.186. The van der Waals surface area contributed by atoms with Crippen LogP contribution in [0, 0.1) is 11.3 Å². The second-order valence-electron chi connectivity index (χ2n) is 14.4. The molecule has 0 radical (unpaired) electrons. The molecule has 0 aliphatic heterocycles. The molecule has 1 nitrogen and oxygen atoms in total. The van der Waals surface area contributed by atoms with Gasteiger partial charge in [0, 0.05) is 5.41 Å². The standard InChI is InChI=1S/C50H33N/c1-50(2)44-27-31(30-51)19-25-38(44)39-26-24-37(28-45(39)50)32-20-22-34(23-21-32)42-29-43(33-11-5-3-6-12-33)48-40-17-9-15-35-16-10-18-41(46(35)40)49(48)47(42)36-13-7-4-8-14-36/h3-29H,1-2H3. The summed E-state index contributed by atoms with van der Waals surface area (Å²) in [6, 6.07) is 62.1. The summed E-state index contributed by atoms with van der Waals surface area (Å²) < 4.78 is 0. The van der Waals surface area contributed by atoms with E-state index in [-0.39, 0.29) is 5.41 Å². The van der Waals surface area contributed by atoms with Gasteiger partial charge in [-0.1, -0.05) is 153 Å². The molecule has 0 amide bonds. The lowest BCUT2D eigenvalue weighted by Gasteiger charge is -2.22. The van der Waals surface area contributed by atoms with E-state index in [9.17, 15) is 5.26 Å². The molecule has 10 rings (SSSR count). The average molecular weight is 648 g/mol. The van der Waals surface area contributed by atoms with Crippen molar-refractivity contribution in [2.24, 2.45) is 0 Å². The van der Waals surface area contributed by atoms with Crippen molar-refractivity contribution in [3.63, 3.8) is 0 Å². The zero-order chi connectivity index (χ0) is 34.3. The first kappa shape index (κ1) is 29.4. The summed E-state index contributed by atoms with van der Waals surface area (Å²) in [7, 11) is 0. The molecule has 0 saturated heterocycles. The van der Waals surface area contributed by atoms with E-state index >= 15 is 0 Å². The molecule has 51 heavy (non-hydrogen) atoms. The number of nitrogens with zero attached hydrogens (tertiary/aromatic N) is 1. The lowest BCUT2D eigenvalue weighted by Crippen LogP contribution is -2.15. The van der Waals surface area contributed by atoms with Crippen LogP contribution in [0.2, 0.25) is 0 Å². The Morgan fingerprint density at radius 2 is 0.941 bits per heavy atom. The van der Waals surface area contributed by atoms with Crippen LogP contribution in [0.1, 0.15) is 30.5 Å². The van der Waals surface area contributed by atoms with Crippen molar-refractivity contribution in [3.05, 3.63) is 180 Å². The number of hydrogen-bond donors (Lipinski definition) is 0. The van der Waals surface area contributed by atoms with Crippen molar-refractivity contribution in [1.82, 2.24) is 0 Å². The van der Waals surface area contributed by atoms with Crippen molar-refractivity contribution >= 4 is 10.8 Å². The minimum absolute atomic E-state index is 0.184. The lowest BCUT2D eigenvalue weighted by atomic mass is 9.81.